The zero-order chi connectivity index (χ0) is 14.0. The molecule has 0 saturated heterocycles. The molecule has 1 amide bonds. The molecule has 0 aliphatic heterocycles. The molecule has 1 heterocycles. The molecular formula is C14H17FN2OS. The zero-order valence-corrected chi connectivity index (χ0v) is 12.1. The number of thiophene rings is 1. The molecule has 5 heteroatoms. The van der Waals surface area contributed by atoms with Crippen LogP contribution in [0.4, 0.5) is 4.39 Å². The highest BCUT2D eigenvalue weighted by Crippen LogP contribution is 2.31. The number of carbonyl (C=O) groups excluding carboxylic acids is 1. The summed E-state index contributed by atoms with van der Waals surface area (Å²) in [6, 6.07) is 4.65. The second kappa shape index (κ2) is 5.67. The van der Waals surface area contributed by atoms with E-state index >= 15 is 0 Å². The second-order valence-corrected chi connectivity index (χ2v) is 5.58. The van der Waals surface area contributed by atoms with Gasteiger partial charge in [-0.15, -0.1) is 11.3 Å². The Labute approximate surface area is 116 Å². The Morgan fingerprint density at radius 1 is 1.47 bits per heavy atom. The lowest BCUT2D eigenvalue weighted by Crippen LogP contribution is -2.32. The van der Waals surface area contributed by atoms with Crippen LogP contribution in [0.5, 0.6) is 0 Å². The van der Waals surface area contributed by atoms with Gasteiger partial charge in [-0.05, 0) is 43.1 Å². The van der Waals surface area contributed by atoms with E-state index in [1.54, 1.807) is 18.0 Å². The van der Waals surface area contributed by atoms with E-state index in [-0.39, 0.29) is 11.7 Å². The van der Waals surface area contributed by atoms with Gasteiger partial charge in [-0.25, -0.2) is 4.39 Å². The highest BCUT2D eigenvalue weighted by molar-refractivity contribution is 7.21. The van der Waals surface area contributed by atoms with Gasteiger partial charge >= 0.3 is 0 Å². The Kier molecular flexibility index (Phi) is 4.17. The molecule has 1 aromatic heterocycles. The number of fused-ring (bicyclic) bond motifs is 1. The molecule has 0 unspecified atom stereocenters. The molecule has 0 radical (unpaired) electrons. The maximum Gasteiger partial charge on any atom is 0.264 e. The van der Waals surface area contributed by atoms with E-state index in [2.05, 4.69) is 5.32 Å². The van der Waals surface area contributed by atoms with Crippen molar-refractivity contribution in [1.82, 2.24) is 10.2 Å². The normalized spacial score (nSPS) is 10.9. The van der Waals surface area contributed by atoms with Crippen LogP contribution >= 0.6 is 11.3 Å². The molecular weight excluding hydrogens is 263 g/mol. The van der Waals surface area contributed by atoms with Gasteiger partial charge in [0.05, 0.1) is 4.88 Å². The lowest BCUT2D eigenvalue weighted by Gasteiger charge is -2.16. The van der Waals surface area contributed by atoms with Gasteiger partial charge in [0, 0.05) is 24.8 Å². The van der Waals surface area contributed by atoms with E-state index < -0.39 is 0 Å². The summed E-state index contributed by atoms with van der Waals surface area (Å²) in [5, 5.41) is 3.84. The van der Waals surface area contributed by atoms with Crippen molar-refractivity contribution in [3.05, 3.63) is 34.5 Å². The second-order valence-electron chi connectivity index (χ2n) is 4.53. The minimum absolute atomic E-state index is 0.00522. The zero-order valence-electron chi connectivity index (χ0n) is 11.3. The fraction of sp³-hybridized carbons (Fsp3) is 0.357. The van der Waals surface area contributed by atoms with Crippen LogP contribution in [0.3, 0.4) is 0 Å². The topological polar surface area (TPSA) is 32.3 Å². The van der Waals surface area contributed by atoms with Crippen molar-refractivity contribution < 1.29 is 9.18 Å². The van der Waals surface area contributed by atoms with Gasteiger partial charge in [-0.3, -0.25) is 4.79 Å². The molecule has 0 bridgehead atoms. The Bertz CT molecular complexity index is 609. The lowest BCUT2D eigenvalue weighted by atomic mass is 10.1. The van der Waals surface area contributed by atoms with E-state index in [1.807, 2.05) is 14.0 Å². The molecule has 19 heavy (non-hydrogen) atoms. The van der Waals surface area contributed by atoms with Crippen molar-refractivity contribution in [3.8, 4) is 0 Å². The van der Waals surface area contributed by atoms with Crippen LogP contribution in [-0.4, -0.2) is 38.0 Å². The van der Waals surface area contributed by atoms with Crippen molar-refractivity contribution in [2.45, 2.75) is 6.92 Å². The molecule has 0 atom stereocenters. The first-order valence-electron chi connectivity index (χ1n) is 6.13. The summed E-state index contributed by atoms with van der Waals surface area (Å²) in [4.78, 5) is 14.7. The number of hydrogen-bond acceptors (Lipinski definition) is 3. The number of carbonyl (C=O) groups is 1. The van der Waals surface area contributed by atoms with E-state index in [1.165, 1.54) is 23.5 Å². The van der Waals surface area contributed by atoms with Gasteiger partial charge in [0.25, 0.3) is 5.91 Å². The van der Waals surface area contributed by atoms with Crippen LogP contribution in [0.2, 0.25) is 0 Å². The van der Waals surface area contributed by atoms with Crippen molar-refractivity contribution in [2.24, 2.45) is 0 Å². The summed E-state index contributed by atoms with van der Waals surface area (Å²) >= 11 is 1.42. The minimum atomic E-state index is -0.268. The number of benzene rings is 1. The predicted octanol–water partition coefficient (Wildman–Crippen LogP) is 2.64. The molecule has 1 aromatic carbocycles. The fourth-order valence-electron chi connectivity index (χ4n) is 1.95. The van der Waals surface area contributed by atoms with E-state index in [0.717, 1.165) is 22.2 Å². The SMILES string of the molecule is CNCCN(C)C(=O)c1sc2ccc(F)cc2c1C. The molecule has 0 aliphatic rings. The molecule has 0 saturated carbocycles. The number of halogens is 1. The monoisotopic (exact) mass is 280 g/mol. The third-order valence-electron chi connectivity index (χ3n) is 3.14. The van der Waals surface area contributed by atoms with Crippen LogP contribution in [0.15, 0.2) is 18.2 Å². The van der Waals surface area contributed by atoms with E-state index in [0.29, 0.717) is 11.4 Å². The average Bonchev–Trinajstić information content (AvgIpc) is 2.72. The number of rotatable bonds is 4. The number of nitrogens with zero attached hydrogens (tertiary/aromatic N) is 1. The van der Waals surface area contributed by atoms with Crippen LogP contribution < -0.4 is 5.32 Å². The third-order valence-corrected chi connectivity index (χ3v) is 4.40. The Balaban J connectivity index is 2.34. The van der Waals surface area contributed by atoms with E-state index in [9.17, 15) is 9.18 Å². The van der Waals surface area contributed by atoms with Crippen molar-refractivity contribution in [1.29, 1.82) is 0 Å². The number of aryl methyl sites for hydroxylation is 1. The highest BCUT2D eigenvalue weighted by atomic mass is 32.1. The quantitative estimate of drug-likeness (QED) is 0.934. The van der Waals surface area contributed by atoms with Gasteiger partial charge in [0.2, 0.25) is 0 Å². The number of hydrogen-bond donors (Lipinski definition) is 1. The van der Waals surface area contributed by atoms with Crippen LogP contribution in [0.25, 0.3) is 10.1 Å². The lowest BCUT2D eigenvalue weighted by molar-refractivity contribution is 0.0801. The molecule has 0 spiro atoms. The van der Waals surface area contributed by atoms with E-state index in [4.69, 9.17) is 0 Å². The van der Waals surface area contributed by atoms with Crippen LogP contribution in [-0.2, 0) is 0 Å². The first-order chi connectivity index (χ1) is 9.04. The summed E-state index contributed by atoms with van der Waals surface area (Å²) in [6.07, 6.45) is 0. The first kappa shape index (κ1) is 14.0. The van der Waals surface area contributed by atoms with Crippen LogP contribution in [0, 0.1) is 12.7 Å². The molecule has 3 nitrogen and oxygen atoms in total. The molecule has 0 aliphatic carbocycles. The Hall–Kier alpha value is -1.46. The average molecular weight is 280 g/mol. The molecule has 1 N–H and O–H groups in total. The van der Waals surface area contributed by atoms with Crippen LogP contribution in [0.1, 0.15) is 15.2 Å². The largest absolute Gasteiger partial charge is 0.340 e. The number of nitrogens with one attached hydrogen (secondary N) is 1. The molecule has 2 aromatic rings. The molecule has 0 fully saturated rings. The predicted molar refractivity (Wildman–Crippen MR) is 77.4 cm³/mol. The first-order valence-corrected chi connectivity index (χ1v) is 6.95. The molecule has 102 valence electrons. The number of amides is 1. The van der Waals surface area contributed by atoms with Gasteiger partial charge < -0.3 is 10.2 Å². The summed E-state index contributed by atoms with van der Waals surface area (Å²) in [5.74, 6) is -0.273. The van der Waals surface area contributed by atoms with Gasteiger partial charge in [0.1, 0.15) is 5.82 Å². The Morgan fingerprint density at radius 2 is 2.21 bits per heavy atom. The minimum Gasteiger partial charge on any atom is -0.340 e. The smallest absolute Gasteiger partial charge is 0.264 e. The number of likely N-dealkylation sites (N-methyl/N-ethyl adjacent to an activating group) is 2. The van der Waals surface area contributed by atoms with Crippen molar-refractivity contribution >= 4 is 27.3 Å². The van der Waals surface area contributed by atoms with Gasteiger partial charge in [-0.2, -0.15) is 0 Å². The summed E-state index contributed by atoms with van der Waals surface area (Å²) in [6.45, 7) is 3.27. The van der Waals surface area contributed by atoms with Crippen molar-refractivity contribution in [3.63, 3.8) is 0 Å². The molecule has 2 rings (SSSR count). The van der Waals surface area contributed by atoms with Crippen molar-refractivity contribution in [2.75, 3.05) is 27.2 Å². The maximum absolute atomic E-state index is 13.3. The summed E-state index contributed by atoms with van der Waals surface area (Å²) in [7, 11) is 3.63. The summed E-state index contributed by atoms with van der Waals surface area (Å²) < 4.78 is 14.2. The van der Waals surface area contributed by atoms with Gasteiger partial charge in [-0.1, -0.05) is 0 Å². The maximum atomic E-state index is 13.3. The fourth-order valence-corrected chi connectivity index (χ4v) is 3.14. The Morgan fingerprint density at radius 3 is 2.89 bits per heavy atom. The third kappa shape index (κ3) is 2.77. The standard InChI is InChI=1S/C14H17FN2OS/c1-9-11-8-10(15)4-5-12(11)19-13(9)14(18)17(3)7-6-16-2/h4-5,8,16H,6-7H2,1-3H3. The summed E-state index contributed by atoms with van der Waals surface area (Å²) in [5.41, 5.74) is 0.862. The van der Waals surface area contributed by atoms with Gasteiger partial charge in [0.15, 0.2) is 0 Å². The highest BCUT2D eigenvalue weighted by Gasteiger charge is 2.18.